The molecular formula is C15H18FNO4. The fraction of sp³-hybridized carbons (Fsp3) is 0.467. The second-order valence-corrected chi connectivity index (χ2v) is 5.48. The first-order valence-electron chi connectivity index (χ1n) is 6.81. The number of halogens is 1. The number of likely N-dealkylation sites (tertiary alicyclic amines) is 1. The summed E-state index contributed by atoms with van der Waals surface area (Å²) in [6.07, 6.45) is 0.292. The van der Waals surface area contributed by atoms with Crippen molar-refractivity contribution in [2.24, 2.45) is 11.8 Å². The van der Waals surface area contributed by atoms with Crippen LogP contribution in [0.3, 0.4) is 0 Å². The summed E-state index contributed by atoms with van der Waals surface area (Å²) in [5, 5.41) is 18.3. The average molecular weight is 295 g/mol. The first kappa shape index (κ1) is 15.4. The molecule has 2 N–H and O–H groups in total. The molecule has 21 heavy (non-hydrogen) atoms. The van der Waals surface area contributed by atoms with Gasteiger partial charge in [0, 0.05) is 13.1 Å². The van der Waals surface area contributed by atoms with Crippen molar-refractivity contribution in [1.82, 2.24) is 4.90 Å². The first-order chi connectivity index (χ1) is 9.88. The molecule has 114 valence electrons. The fourth-order valence-corrected chi connectivity index (χ4v) is 2.76. The molecule has 2 atom stereocenters. The van der Waals surface area contributed by atoms with E-state index in [0.717, 1.165) is 11.1 Å². The van der Waals surface area contributed by atoms with E-state index in [1.54, 1.807) is 6.07 Å². The highest BCUT2D eigenvalue weighted by atomic mass is 19.1. The highest BCUT2D eigenvalue weighted by Crippen LogP contribution is 2.26. The molecule has 0 amide bonds. The lowest BCUT2D eigenvalue weighted by atomic mass is 9.85. The maximum atomic E-state index is 13.3. The van der Waals surface area contributed by atoms with Crippen LogP contribution in [0.1, 0.15) is 17.5 Å². The predicted molar refractivity (Wildman–Crippen MR) is 73.3 cm³/mol. The zero-order chi connectivity index (χ0) is 15.6. The molecule has 0 saturated carbocycles. The monoisotopic (exact) mass is 295 g/mol. The Kier molecular flexibility index (Phi) is 4.57. The lowest BCUT2D eigenvalue weighted by Gasteiger charge is -2.34. The third-order valence-electron chi connectivity index (χ3n) is 4.04. The van der Waals surface area contributed by atoms with E-state index in [2.05, 4.69) is 0 Å². The number of carboxylic acid groups (broad SMARTS) is 2. The molecule has 1 aliphatic heterocycles. The highest BCUT2D eigenvalue weighted by molar-refractivity contribution is 5.80. The second-order valence-electron chi connectivity index (χ2n) is 5.48. The normalized spacial score (nSPS) is 23.0. The van der Waals surface area contributed by atoms with Gasteiger partial charge in [-0.2, -0.15) is 0 Å². The molecule has 5 nitrogen and oxygen atoms in total. The SMILES string of the molecule is Cc1ccc(F)cc1CN1CCC(C(=O)O)C(C(=O)O)C1. The summed E-state index contributed by atoms with van der Waals surface area (Å²) in [4.78, 5) is 24.2. The molecule has 6 heteroatoms. The smallest absolute Gasteiger partial charge is 0.308 e. The van der Waals surface area contributed by atoms with Crippen LogP contribution in [0.25, 0.3) is 0 Å². The van der Waals surface area contributed by atoms with Crippen LogP contribution in [0, 0.1) is 24.6 Å². The van der Waals surface area contributed by atoms with Crippen LogP contribution >= 0.6 is 0 Å². The van der Waals surface area contributed by atoms with E-state index < -0.39 is 23.8 Å². The standard InChI is InChI=1S/C15H18FNO4/c1-9-2-3-11(16)6-10(9)7-17-5-4-12(14(18)19)13(8-17)15(20)21/h2-3,6,12-13H,4-5,7-8H2,1H3,(H,18,19)(H,20,21). The van der Waals surface area contributed by atoms with E-state index in [1.807, 2.05) is 11.8 Å². The van der Waals surface area contributed by atoms with Crippen molar-refractivity contribution in [3.63, 3.8) is 0 Å². The maximum absolute atomic E-state index is 13.3. The highest BCUT2D eigenvalue weighted by Gasteiger charge is 2.38. The number of nitrogens with zero attached hydrogens (tertiary/aromatic N) is 1. The molecule has 0 radical (unpaired) electrons. The first-order valence-corrected chi connectivity index (χ1v) is 6.81. The van der Waals surface area contributed by atoms with Crippen molar-refractivity contribution in [2.75, 3.05) is 13.1 Å². The molecule has 2 unspecified atom stereocenters. The summed E-state index contributed by atoms with van der Waals surface area (Å²) in [5.74, 6) is -4.27. The molecule has 0 aliphatic carbocycles. The second kappa shape index (κ2) is 6.22. The van der Waals surface area contributed by atoms with Gasteiger partial charge in [0.25, 0.3) is 0 Å². The number of piperidine rings is 1. The van der Waals surface area contributed by atoms with E-state index in [9.17, 15) is 19.1 Å². The Morgan fingerprint density at radius 1 is 1.29 bits per heavy atom. The number of hydrogen-bond acceptors (Lipinski definition) is 3. The van der Waals surface area contributed by atoms with Crippen molar-refractivity contribution in [3.05, 3.63) is 35.1 Å². The van der Waals surface area contributed by atoms with E-state index >= 15 is 0 Å². The molecule has 2 rings (SSSR count). The Labute approximate surface area is 122 Å². The Bertz CT molecular complexity index is 561. The minimum atomic E-state index is -1.09. The van der Waals surface area contributed by atoms with E-state index in [1.165, 1.54) is 12.1 Å². The summed E-state index contributed by atoms with van der Waals surface area (Å²) in [6.45, 7) is 2.96. The van der Waals surface area contributed by atoms with Gasteiger partial charge in [0.2, 0.25) is 0 Å². The fourth-order valence-electron chi connectivity index (χ4n) is 2.76. The predicted octanol–water partition coefficient (Wildman–Crippen LogP) is 1.74. The quantitative estimate of drug-likeness (QED) is 0.884. The molecule has 0 spiro atoms. The zero-order valence-electron chi connectivity index (χ0n) is 11.8. The van der Waals surface area contributed by atoms with Crippen LogP contribution in [-0.2, 0) is 16.1 Å². The number of aliphatic carboxylic acids is 2. The van der Waals surface area contributed by atoms with Gasteiger partial charge < -0.3 is 10.2 Å². The van der Waals surface area contributed by atoms with Crippen molar-refractivity contribution in [3.8, 4) is 0 Å². The van der Waals surface area contributed by atoms with Gasteiger partial charge in [-0.25, -0.2) is 4.39 Å². The van der Waals surface area contributed by atoms with Crippen LogP contribution in [0.5, 0.6) is 0 Å². The Hall–Kier alpha value is -1.95. The van der Waals surface area contributed by atoms with Gasteiger partial charge in [-0.05, 0) is 43.1 Å². The summed E-state index contributed by atoms with van der Waals surface area (Å²) in [7, 11) is 0. The number of carboxylic acids is 2. The van der Waals surface area contributed by atoms with Crippen molar-refractivity contribution in [2.45, 2.75) is 19.9 Å². The van der Waals surface area contributed by atoms with Crippen LogP contribution < -0.4 is 0 Å². The van der Waals surface area contributed by atoms with Crippen LogP contribution in [0.2, 0.25) is 0 Å². The lowest BCUT2D eigenvalue weighted by molar-refractivity contribution is -0.157. The molecule has 1 heterocycles. The average Bonchev–Trinajstić information content (AvgIpc) is 2.42. The Morgan fingerprint density at radius 3 is 2.57 bits per heavy atom. The Morgan fingerprint density at radius 2 is 1.95 bits per heavy atom. The van der Waals surface area contributed by atoms with Gasteiger partial charge in [0.05, 0.1) is 11.8 Å². The number of aryl methyl sites for hydroxylation is 1. The minimum absolute atomic E-state index is 0.169. The molecule has 1 fully saturated rings. The number of rotatable bonds is 4. The summed E-state index contributed by atoms with van der Waals surface area (Å²) < 4.78 is 13.3. The largest absolute Gasteiger partial charge is 0.481 e. The summed E-state index contributed by atoms with van der Waals surface area (Å²) >= 11 is 0. The van der Waals surface area contributed by atoms with Gasteiger partial charge >= 0.3 is 11.9 Å². The summed E-state index contributed by atoms with van der Waals surface area (Å²) in [5.41, 5.74) is 1.73. The van der Waals surface area contributed by atoms with Gasteiger partial charge in [-0.3, -0.25) is 14.5 Å². The number of hydrogen-bond donors (Lipinski definition) is 2. The molecule has 1 aromatic carbocycles. The molecule has 1 aliphatic rings. The van der Waals surface area contributed by atoms with Gasteiger partial charge in [0.15, 0.2) is 0 Å². The van der Waals surface area contributed by atoms with Gasteiger partial charge in [-0.1, -0.05) is 6.07 Å². The molecule has 1 saturated heterocycles. The van der Waals surface area contributed by atoms with Crippen molar-refractivity contribution < 1.29 is 24.2 Å². The van der Waals surface area contributed by atoms with E-state index in [-0.39, 0.29) is 12.4 Å². The Balaban J connectivity index is 2.11. The maximum Gasteiger partial charge on any atom is 0.308 e. The topological polar surface area (TPSA) is 77.8 Å². The van der Waals surface area contributed by atoms with E-state index in [4.69, 9.17) is 5.11 Å². The number of benzene rings is 1. The van der Waals surface area contributed by atoms with Gasteiger partial charge in [0.1, 0.15) is 5.82 Å². The number of carbonyl (C=O) groups is 2. The third-order valence-corrected chi connectivity index (χ3v) is 4.04. The van der Waals surface area contributed by atoms with Crippen LogP contribution in [0.15, 0.2) is 18.2 Å². The minimum Gasteiger partial charge on any atom is -0.481 e. The molecule has 0 aromatic heterocycles. The molecule has 0 bridgehead atoms. The lowest BCUT2D eigenvalue weighted by Crippen LogP contribution is -2.46. The third kappa shape index (κ3) is 3.58. The van der Waals surface area contributed by atoms with Crippen molar-refractivity contribution in [1.29, 1.82) is 0 Å². The van der Waals surface area contributed by atoms with Gasteiger partial charge in [-0.15, -0.1) is 0 Å². The van der Waals surface area contributed by atoms with Crippen molar-refractivity contribution >= 4 is 11.9 Å². The summed E-state index contributed by atoms with van der Waals surface area (Å²) in [6, 6.07) is 4.51. The van der Waals surface area contributed by atoms with E-state index in [0.29, 0.717) is 19.5 Å². The van der Waals surface area contributed by atoms with Crippen LogP contribution in [0.4, 0.5) is 4.39 Å². The molecule has 1 aromatic rings. The van der Waals surface area contributed by atoms with Crippen LogP contribution in [-0.4, -0.2) is 40.1 Å². The zero-order valence-corrected chi connectivity index (χ0v) is 11.8. The molecular weight excluding hydrogens is 277 g/mol.